The average molecular weight is 511 g/mol. The van der Waals surface area contributed by atoms with Crippen LogP contribution in [-0.4, -0.2) is 18.4 Å². The summed E-state index contributed by atoms with van der Waals surface area (Å²) >= 11 is 1.43. The molecule has 2 N–H and O–H groups in total. The molecule has 5 nitrogen and oxygen atoms in total. The molecule has 4 aromatic rings. The highest BCUT2D eigenvalue weighted by Crippen LogP contribution is 2.37. The second-order valence-corrected chi connectivity index (χ2v) is 10.0. The van der Waals surface area contributed by atoms with E-state index in [2.05, 4.69) is 24.5 Å². The summed E-state index contributed by atoms with van der Waals surface area (Å²) < 4.78 is 5.53. The van der Waals surface area contributed by atoms with Gasteiger partial charge in [-0.3, -0.25) is 9.59 Å². The van der Waals surface area contributed by atoms with E-state index < -0.39 is 5.25 Å². The van der Waals surface area contributed by atoms with Crippen molar-refractivity contribution in [3.8, 4) is 5.75 Å². The number of hydrogen-bond donors (Lipinski definition) is 2. The third-order valence-corrected chi connectivity index (χ3v) is 6.92. The summed E-state index contributed by atoms with van der Waals surface area (Å²) in [5.41, 5.74) is 3.52. The molecule has 37 heavy (non-hydrogen) atoms. The molecule has 0 radical (unpaired) electrons. The zero-order valence-electron chi connectivity index (χ0n) is 20.9. The van der Waals surface area contributed by atoms with E-state index in [-0.39, 0.29) is 18.4 Å². The first-order chi connectivity index (χ1) is 18.0. The molecule has 4 rings (SSSR count). The number of thioether (sulfide) groups is 1. The van der Waals surface area contributed by atoms with Crippen molar-refractivity contribution in [2.24, 2.45) is 0 Å². The number of carbonyl (C=O) groups is 2. The summed E-state index contributed by atoms with van der Waals surface area (Å²) in [6.07, 6.45) is 0. The van der Waals surface area contributed by atoms with Crippen molar-refractivity contribution in [2.75, 3.05) is 17.2 Å². The number of hydrogen-bond acceptors (Lipinski definition) is 4. The van der Waals surface area contributed by atoms with E-state index in [0.717, 1.165) is 16.1 Å². The predicted molar refractivity (Wildman–Crippen MR) is 151 cm³/mol. The van der Waals surface area contributed by atoms with Gasteiger partial charge in [0.25, 0.3) is 5.91 Å². The lowest BCUT2D eigenvalue weighted by molar-refractivity contribution is -0.118. The number of rotatable bonds is 10. The lowest BCUT2D eigenvalue weighted by atomic mass is 10.0. The first-order valence-corrected chi connectivity index (χ1v) is 13.1. The van der Waals surface area contributed by atoms with Crippen molar-refractivity contribution in [3.05, 3.63) is 120 Å². The van der Waals surface area contributed by atoms with Crippen LogP contribution < -0.4 is 15.4 Å². The molecule has 0 heterocycles. The maximum absolute atomic E-state index is 13.4. The molecule has 1 unspecified atom stereocenters. The van der Waals surface area contributed by atoms with Gasteiger partial charge in [0.1, 0.15) is 11.0 Å². The molecule has 188 valence electrons. The van der Waals surface area contributed by atoms with Crippen molar-refractivity contribution in [2.45, 2.75) is 29.9 Å². The first kappa shape index (κ1) is 26.0. The van der Waals surface area contributed by atoms with Gasteiger partial charge in [-0.2, -0.15) is 0 Å². The van der Waals surface area contributed by atoms with Crippen LogP contribution in [-0.2, 0) is 9.59 Å². The van der Waals surface area contributed by atoms with E-state index in [1.165, 1.54) is 17.3 Å². The highest BCUT2D eigenvalue weighted by Gasteiger charge is 2.22. The van der Waals surface area contributed by atoms with E-state index in [1.807, 2.05) is 97.1 Å². The van der Waals surface area contributed by atoms with Crippen LogP contribution in [0.2, 0.25) is 0 Å². The second kappa shape index (κ2) is 12.8. The molecule has 0 saturated heterocycles. The molecule has 2 amide bonds. The molecule has 0 aromatic heterocycles. The van der Waals surface area contributed by atoms with Crippen LogP contribution >= 0.6 is 11.8 Å². The molecule has 1 atom stereocenters. The smallest absolute Gasteiger partial charge is 0.262 e. The van der Waals surface area contributed by atoms with Gasteiger partial charge in [-0.05, 0) is 59.5 Å². The number of anilines is 2. The fourth-order valence-corrected chi connectivity index (χ4v) is 4.79. The van der Waals surface area contributed by atoms with Gasteiger partial charge < -0.3 is 15.4 Å². The van der Waals surface area contributed by atoms with Gasteiger partial charge >= 0.3 is 0 Å². The van der Waals surface area contributed by atoms with E-state index in [1.54, 1.807) is 12.1 Å². The number of carbonyl (C=O) groups excluding carboxylic acids is 2. The molecule has 0 fully saturated rings. The van der Waals surface area contributed by atoms with Crippen LogP contribution in [0.1, 0.15) is 36.1 Å². The normalized spacial score (nSPS) is 11.5. The molecule has 0 bridgehead atoms. The Labute approximate surface area is 222 Å². The van der Waals surface area contributed by atoms with E-state index in [4.69, 9.17) is 4.74 Å². The van der Waals surface area contributed by atoms with Crippen molar-refractivity contribution >= 4 is 35.0 Å². The van der Waals surface area contributed by atoms with Gasteiger partial charge in [-0.15, -0.1) is 11.8 Å². The monoisotopic (exact) mass is 510 g/mol. The maximum atomic E-state index is 13.4. The summed E-state index contributed by atoms with van der Waals surface area (Å²) in [5, 5.41) is 5.46. The van der Waals surface area contributed by atoms with Crippen LogP contribution in [0, 0.1) is 0 Å². The SMILES string of the molecule is CC(C)c1ccc(NC(=O)C(Sc2cccc(NC(=O)COc3ccccc3)c2)c2ccccc2)cc1. The van der Waals surface area contributed by atoms with Crippen molar-refractivity contribution in [1.82, 2.24) is 0 Å². The van der Waals surface area contributed by atoms with E-state index in [0.29, 0.717) is 17.4 Å². The highest BCUT2D eigenvalue weighted by molar-refractivity contribution is 8.00. The lowest BCUT2D eigenvalue weighted by Crippen LogP contribution is -2.20. The summed E-state index contributed by atoms with van der Waals surface area (Å²) in [5.74, 6) is 0.694. The average Bonchev–Trinajstić information content (AvgIpc) is 2.92. The Kier molecular flexibility index (Phi) is 9.00. The summed E-state index contributed by atoms with van der Waals surface area (Å²) in [4.78, 5) is 26.7. The van der Waals surface area contributed by atoms with Gasteiger partial charge in [-0.25, -0.2) is 0 Å². The van der Waals surface area contributed by atoms with Crippen LogP contribution in [0.25, 0.3) is 0 Å². The van der Waals surface area contributed by atoms with Crippen molar-refractivity contribution in [3.63, 3.8) is 0 Å². The molecule has 0 aliphatic heterocycles. The first-order valence-electron chi connectivity index (χ1n) is 12.2. The Morgan fingerprint density at radius 2 is 1.41 bits per heavy atom. The third kappa shape index (κ3) is 7.72. The Morgan fingerprint density at radius 3 is 2.08 bits per heavy atom. The third-order valence-electron chi connectivity index (χ3n) is 5.67. The van der Waals surface area contributed by atoms with Gasteiger partial charge in [0.2, 0.25) is 5.91 Å². The van der Waals surface area contributed by atoms with Gasteiger partial charge in [0.05, 0.1) is 0 Å². The summed E-state index contributed by atoms with van der Waals surface area (Å²) in [6.45, 7) is 4.19. The largest absolute Gasteiger partial charge is 0.484 e. The van der Waals surface area contributed by atoms with Crippen LogP contribution in [0.5, 0.6) is 5.75 Å². The number of ether oxygens (including phenoxy) is 1. The Morgan fingerprint density at radius 1 is 0.730 bits per heavy atom. The van der Waals surface area contributed by atoms with Gasteiger partial charge in [-0.1, -0.05) is 80.6 Å². The molecule has 0 saturated carbocycles. The minimum Gasteiger partial charge on any atom is -0.484 e. The van der Waals surface area contributed by atoms with Crippen molar-refractivity contribution in [1.29, 1.82) is 0 Å². The number of amides is 2. The van der Waals surface area contributed by atoms with Gasteiger partial charge in [0, 0.05) is 16.3 Å². The molecule has 0 aliphatic rings. The molecular weight excluding hydrogens is 480 g/mol. The predicted octanol–water partition coefficient (Wildman–Crippen LogP) is 7.30. The summed E-state index contributed by atoms with van der Waals surface area (Å²) in [6, 6.07) is 34.3. The van der Waals surface area contributed by atoms with Gasteiger partial charge in [0.15, 0.2) is 6.61 Å². The zero-order valence-corrected chi connectivity index (χ0v) is 21.7. The van der Waals surface area contributed by atoms with Crippen LogP contribution in [0.3, 0.4) is 0 Å². The van der Waals surface area contributed by atoms with Crippen molar-refractivity contribution < 1.29 is 14.3 Å². The fraction of sp³-hybridized carbons (Fsp3) is 0.161. The number of nitrogens with one attached hydrogen (secondary N) is 2. The Balaban J connectivity index is 1.45. The standard InChI is InChI=1S/C31H30N2O3S/c1-22(2)23-16-18-25(19-17-23)33-31(35)30(24-10-5-3-6-11-24)37-28-15-9-12-26(20-28)32-29(34)21-36-27-13-7-4-8-14-27/h3-20,22,30H,21H2,1-2H3,(H,32,34)(H,33,35). The minimum absolute atomic E-state index is 0.0912. The van der Waals surface area contributed by atoms with Crippen LogP contribution in [0.4, 0.5) is 11.4 Å². The van der Waals surface area contributed by atoms with E-state index in [9.17, 15) is 9.59 Å². The maximum Gasteiger partial charge on any atom is 0.262 e. The molecular formula is C31H30N2O3S. The second-order valence-electron chi connectivity index (χ2n) is 8.85. The Hall–Kier alpha value is -4.03. The fourth-order valence-electron chi connectivity index (χ4n) is 3.71. The molecule has 0 aliphatic carbocycles. The highest BCUT2D eigenvalue weighted by atomic mass is 32.2. The Bertz CT molecular complexity index is 1310. The number of benzene rings is 4. The zero-order chi connectivity index (χ0) is 26.0. The lowest BCUT2D eigenvalue weighted by Gasteiger charge is -2.18. The molecule has 6 heteroatoms. The van der Waals surface area contributed by atoms with Crippen LogP contribution in [0.15, 0.2) is 114 Å². The van der Waals surface area contributed by atoms with E-state index >= 15 is 0 Å². The quantitative estimate of drug-likeness (QED) is 0.220. The summed E-state index contributed by atoms with van der Waals surface area (Å²) in [7, 11) is 0. The number of para-hydroxylation sites is 1. The topological polar surface area (TPSA) is 67.4 Å². The minimum atomic E-state index is -0.474. The molecule has 4 aromatic carbocycles. The molecule has 0 spiro atoms.